The summed E-state index contributed by atoms with van der Waals surface area (Å²) >= 11 is 20.6. The van der Waals surface area contributed by atoms with Gasteiger partial charge >= 0.3 is 0 Å². The average molecular weight is 578 g/mol. The molecule has 2 bridgehead atoms. The Balaban J connectivity index is 1.67. The fraction of sp³-hybridized carbons (Fsp3) is 0.167. The number of benzene rings is 3. The molecule has 1 aliphatic heterocycles. The largest absolute Gasteiger partial charge is 0.274 e. The van der Waals surface area contributed by atoms with Crippen molar-refractivity contribution in [2.45, 2.75) is 8.65 Å². The molecule has 0 saturated carbocycles. The summed E-state index contributed by atoms with van der Waals surface area (Å²) in [7, 11) is 0. The Morgan fingerprint density at radius 3 is 1.52 bits per heavy atom. The molecule has 0 N–H and O–H groups in total. The molecule has 1 saturated heterocycles. The number of halogens is 4. The van der Waals surface area contributed by atoms with Crippen LogP contribution in [0.3, 0.4) is 0 Å². The highest BCUT2D eigenvalue weighted by Gasteiger charge is 2.72. The van der Waals surface area contributed by atoms with Crippen LogP contribution in [0.15, 0.2) is 66.7 Å². The maximum Gasteiger partial charge on any atom is 0.239 e. The number of amides is 2. The van der Waals surface area contributed by atoms with E-state index in [0.29, 0.717) is 10.7 Å². The van der Waals surface area contributed by atoms with E-state index in [0.717, 1.165) is 22.3 Å². The molecule has 0 unspecified atom stereocenters. The topological polar surface area (TPSA) is 37.4 Å². The van der Waals surface area contributed by atoms with Crippen LogP contribution >= 0.6 is 55.1 Å². The van der Waals surface area contributed by atoms with E-state index in [2.05, 4.69) is 31.9 Å². The molecule has 3 nitrogen and oxygen atoms in total. The van der Waals surface area contributed by atoms with Crippen molar-refractivity contribution in [3.05, 3.63) is 99.0 Å². The van der Waals surface area contributed by atoms with Gasteiger partial charge in [-0.05, 0) is 34.4 Å². The molecule has 1 fully saturated rings. The van der Waals surface area contributed by atoms with E-state index in [1.807, 2.05) is 48.5 Å². The van der Waals surface area contributed by atoms with E-state index in [1.54, 1.807) is 18.2 Å². The van der Waals surface area contributed by atoms with Crippen LogP contribution in [-0.2, 0) is 18.2 Å². The fourth-order valence-electron chi connectivity index (χ4n) is 5.57. The normalized spacial score (nSPS) is 30.3. The number of carbonyl (C=O) groups excluding carboxylic acids is 2. The van der Waals surface area contributed by atoms with Gasteiger partial charge in [0.25, 0.3) is 0 Å². The first-order valence-corrected chi connectivity index (χ1v) is 12.1. The van der Waals surface area contributed by atoms with E-state index in [-0.39, 0.29) is 16.8 Å². The zero-order chi connectivity index (χ0) is 21.7. The van der Waals surface area contributed by atoms with E-state index in [1.165, 1.54) is 4.90 Å². The van der Waals surface area contributed by atoms with Gasteiger partial charge in [0.15, 0.2) is 0 Å². The lowest BCUT2D eigenvalue weighted by Crippen LogP contribution is -2.56. The lowest BCUT2D eigenvalue weighted by atomic mass is 9.54. The van der Waals surface area contributed by atoms with Gasteiger partial charge in [0, 0.05) is 0 Å². The molecule has 154 valence electrons. The summed E-state index contributed by atoms with van der Waals surface area (Å²) in [5, 5.41) is 0.491. The first-order valence-electron chi connectivity index (χ1n) is 9.72. The van der Waals surface area contributed by atoms with Crippen LogP contribution in [0.25, 0.3) is 0 Å². The number of nitrogens with zero attached hydrogens (tertiary/aromatic N) is 1. The maximum atomic E-state index is 13.9. The second kappa shape index (κ2) is 6.44. The smallest absolute Gasteiger partial charge is 0.239 e. The van der Waals surface area contributed by atoms with Crippen molar-refractivity contribution in [3.63, 3.8) is 0 Å². The first-order chi connectivity index (χ1) is 14.8. The molecule has 2 atom stereocenters. The highest BCUT2D eigenvalue weighted by atomic mass is 79.9. The Bertz CT molecular complexity index is 1200. The number of carbonyl (C=O) groups is 2. The predicted octanol–water partition coefficient (Wildman–Crippen LogP) is 6.40. The van der Waals surface area contributed by atoms with E-state index >= 15 is 0 Å². The molecule has 3 aromatic rings. The third kappa shape index (κ3) is 2.21. The summed E-state index contributed by atoms with van der Waals surface area (Å²) in [5.74, 6) is -1.86. The van der Waals surface area contributed by atoms with Crippen LogP contribution in [0.1, 0.15) is 22.3 Å². The number of imide groups is 1. The second-order valence-corrected chi connectivity index (χ2v) is 11.3. The van der Waals surface area contributed by atoms with Crippen molar-refractivity contribution >= 4 is 72.6 Å². The molecule has 31 heavy (non-hydrogen) atoms. The van der Waals surface area contributed by atoms with Crippen molar-refractivity contribution in [1.29, 1.82) is 0 Å². The van der Waals surface area contributed by atoms with Gasteiger partial charge in [-0.2, -0.15) is 0 Å². The van der Waals surface area contributed by atoms with Crippen LogP contribution in [0.4, 0.5) is 5.69 Å². The molecule has 2 amide bonds. The van der Waals surface area contributed by atoms with Crippen molar-refractivity contribution < 1.29 is 9.59 Å². The summed E-state index contributed by atoms with van der Waals surface area (Å²) in [5.41, 5.74) is 4.29. The quantitative estimate of drug-likeness (QED) is 0.248. The van der Waals surface area contributed by atoms with Gasteiger partial charge < -0.3 is 0 Å². The van der Waals surface area contributed by atoms with Crippen molar-refractivity contribution in [1.82, 2.24) is 0 Å². The minimum atomic E-state index is -0.826. The van der Waals surface area contributed by atoms with Gasteiger partial charge in [-0.25, -0.2) is 4.90 Å². The summed E-state index contributed by atoms with van der Waals surface area (Å²) in [6.45, 7) is 0. The monoisotopic (exact) mass is 575 g/mol. The highest BCUT2D eigenvalue weighted by molar-refractivity contribution is 9.10. The minimum absolute atomic E-state index is 0.194. The minimum Gasteiger partial charge on any atom is -0.274 e. The Labute approximate surface area is 205 Å². The van der Waals surface area contributed by atoms with Crippen molar-refractivity contribution in [2.75, 3.05) is 4.90 Å². The predicted molar refractivity (Wildman–Crippen MR) is 128 cm³/mol. The summed E-state index contributed by atoms with van der Waals surface area (Å²) in [6, 6.07) is 20.9. The molecule has 0 radical (unpaired) electrons. The maximum absolute atomic E-state index is 13.9. The molecule has 1 heterocycles. The van der Waals surface area contributed by atoms with Crippen LogP contribution in [0.5, 0.6) is 0 Å². The molecule has 4 aliphatic rings. The zero-order valence-electron chi connectivity index (χ0n) is 15.8. The van der Waals surface area contributed by atoms with Crippen LogP contribution in [0.2, 0.25) is 10.0 Å². The van der Waals surface area contributed by atoms with Crippen LogP contribution in [-0.4, -0.2) is 11.8 Å². The molecular weight excluding hydrogens is 565 g/mol. The number of hydrogen-bond acceptors (Lipinski definition) is 2. The lowest BCUT2D eigenvalue weighted by molar-refractivity contribution is -0.122. The number of alkyl halides is 2. The average Bonchev–Trinajstić information content (AvgIpc) is 3.05. The van der Waals surface area contributed by atoms with Crippen LogP contribution in [0, 0.1) is 11.8 Å². The highest BCUT2D eigenvalue weighted by Crippen LogP contribution is 2.71. The molecule has 0 aromatic heterocycles. The Kier molecular flexibility index (Phi) is 4.15. The van der Waals surface area contributed by atoms with Crippen molar-refractivity contribution in [3.8, 4) is 0 Å². The molecule has 3 aliphatic carbocycles. The third-order valence-electron chi connectivity index (χ3n) is 6.76. The fourth-order valence-corrected chi connectivity index (χ4v) is 8.25. The number of anilines is 1. The lowest BCUT2D eigenvalue weighted by Gasteiger charge is -2.55. The van der Waals surface area contributed by atoms with Gasteiger partial charge in [0.1, 0.15) is 0 Å². The van der Waals surface area contributed by atoms with Crippen molar-refractivity contribution in [2.24, 2.45) is 11.8 Å². The molecule has 7 heteroatoms. The summed E-state index contributed by atoms with van der Waals surface area (Å²) in [6.07, 6.45) is 0. The molecule has 0 spiro atoms. The van der Waals surface area contributed by atoms with Gasteiger partial charge in [0.05, 0.1) is 36.2 Å². The third-order valence-corrected chi connectivity index (χ3v) is 10.3. The Hall–Kier alpha value is -1.66. The van der Waals surface area contributed by atoms with Crippen LogP contribution < -0.4 is 4.90 Å². The van der Waals surface area contributed by atoms with E-state index in [9.17, 15) is 9.59 Å². The van der Waals surface area contributed by atoms with Gasteiger partial charge in [-0.1, -0.05) is 110 Å². The SMILES string of the molecule is O=C1[C@@H]2[C@H](C(=O)N1c1cccc(Cl)c1Cl)C1(Br)c3ccccc3C2(Br)c2ccccc21. The van der Waals surface area contributed by atoms with Gasteiger partial charge in [-0.15, -0.1) is 0 Å². The Morgan fingerprint density at radius 2 is 1.10 bits per heavy atom. The number of hydrogen-bond donors (Lipinski definition) is 0. The molecule has 7 rings (SSSR count). The van der Waals surface area contributed by atoms with Gasteiger partial charge in [-0.3, -0.25) is 9.59 Å². The second-order valence-electron chi connectivity index (χ2n) is 8.05. The summed E-state index contributed by atoms with van der Waals surface area (Å²) in [4.78, 5) is 29.1. The summed E-state index contributed by atoms with van der Waals surface area (Å²) < 4.78 is -1.65. The molecule has 3 aromatic carbocycles. The Morgan fingerprint density at radius 1 is 0.677 bits per heavy atom. The number of rotatable bonds is 1. The van der Waals surface area contributed by atoms with E-state index in [4.69, 9.17) is 23.2 Å². The van der Waals surface area contributed by atoms with E-state index < -0.39 is 20.5 Å². The standard InChI is InChI=1S/C24H13Br2Cl2NO2/c25-23-12-6-1-2-7-13(12)24(26,15-9-4-3-8-14(15)23)19-18(23)21(30)29(22(19)31)17-11-5-10-16(27)20(17)28/h1-11,18-19H/t18-,19+,23?,24?. The first kappa shape index (κ1) is 20.0. The zero-order valence-corrected chi connectivity index (χ0v) is 20.5. The van der Waals surface area contributed by atoms with Gasteiger partial charge in [0.2, 0.25) is 11.8 Å². The molecular formula is C24H13Br2Cl2NO2.